The second-order valence-corrected chi connectivity index (χ2v) is 6.24. The van der Waals surface area contributed by atoms with E-state index in [0.717, 1.165) is 6.54 Å². The van der Waals surface area contributed by atoms with Crippen molar-refractivity contribution in [3.63, 3.8) is 0 Å². The fraction of sp³-hybridized carbons (Fsp3) is 0.786. The topological polar surface area (TPSA) is 95.9 Å². The number of aliphatic carboxylic acids is 1. The van der Waals surface area contributed by atoms with Gasteiger partial charge in [0.1, 0.15) is 5.92 Å². The molecule has 0 aromatic rings. The van der Waals surface area contributed by atoms with Crippen LogP contribution in [-0.2, 0) is 19.1 Å². The number of likely N-dealkylation sites (tertiary alicyclic amines) is 1. The molecule has 0 radical (unpaired) electrons. The van der Waals surface area contributed by atoms with Gasteiger partial charge in [0.25, 0.3) is 0 Å². The number of hydrogen-bond acceptors (Lipinski definition) is 4. The van der Waals surface area contributed by atoms with Crippen LogP contribution in [0.1, 0.15) is 19.3 Å². The molecule has 3 aliphatic rings. The van der Waals surface area contributed by atoms with Gasteiger partial charge in [0.05, 0.1) is 25.2 Å². The van der Waals surface area contributed by atoms with Crippen LogP contribution in [0.4, 0.5) is 0 Å². The lowest BCUT2D eigenvalue weighted by Crippen LogP contribution is -2.45. The molecule has 116 valence electrons. The number of rotatable bonds is 5. The first-order chi connectivity index (χ1) is 10.0. The van der Waals surface area contributed by atoms with Crippen LogP contribution in [-0.4, -0.2) is 60.1 Å². The first-order valence-electron chi connectivity index (χ1n) is 7.43. The molecule has 7 nitrogen and oxygen atoms in total. The fourth-order valence-corrected chi connectivity index (χ4v) is 2.98. The Morgan fingerprint density at radius 3 is 2.76 bits per heavy atom. The van der Waals surface area contributed by atoms with E-state index in [1.54, 1.807) is 4.90 Å². The lowest BCUT2D eigenvalue weighted by atomic mass is 10.0. The molecule has 2 saturated heterocycles. The lowest BCUT2D eigenvalue weighted by Gasteiger charge is -2.19. The molecule has 2 amide bonds. The van der Waals surface area contributed by atoms with Gasteiger partial charge in [-0.25, -0.2) is 0 Å². The molecule has 0 aromatic heterocycles. The molecule has 21 heavy (non-hydrogen) atoms. The fourth-order valence-electron chi connectivity index (χ4n) is 2.98. The van der Waals surface area contributed by atoms with Crippen molar-refractivity contribution in [2.75, 3.05) is 26.3 Å². The molecule has 2 N–H and O–H groups in total. The molecule has 2 aliphatic heterocycles. The van der Waals surface area contributed by atoms with Crippen LogP contribution in [0, 0.1) is 17.8 Å². The number of carboxylic acid groups (broad SMARTS) is 1. The SMILES string of the molecule is O=C(NC1COCC1C(=O)O)C1CC(=O)N(CC2CC2)C1. The third kappa shape index (κ3) is 3.18. The van der Waals surface area contributed by atoms with Crippen molar-refractivity contribution >= 4 is 17.8 Å². The Labute approximate surface area is 122 Å². The van der Waals surface area contributed by atoms with E-state index in [1.165, 1.54) is 12.8 Å². The second-order valence-electron chi connectivity index (χ2n) is 6.24. The van der Waals surface area contributed by atoms with E-state index < -0.39 is 17.9 Å². The van der Waals surface area contributed by atoms with Crippen LogP contribution < -0.4 is 5.32 Å². The molecule has 7 heteroatoms. The van der Waals surface area contributed by atoms with Gasteiger partial charge in [0.15, 0.2) is 0 Å². The monoisotopic (exact) mass is 296 g/mol. The third-order valence-corrected chi connectivity index (χ3v) is 4.49. The summed E-state index contributed by atoms with van der Waals surface area (Å²) >= 11 is 0. The third-order valence-electron chi connectivity index (χ3n) is 4.49. The van der Waals surface area contributed by atoms with E-state index >= 15 is 0 Å². The summed E-state index contributed by atoms with van der Waals surface area (Å²) in [5.74, 6) is -1.63. The van der Waals surface area contributed by atoms with Gasteiger partial charge in [-0.1, -0.05) is 0 Å². The standard InChI is InChI=1S/C14H20N2O5/c17-12-3-9(5-16(12)4-8-1-2-8)13(18)15-11-7-21-6-10(11)14(19)20/h8-11H,1-7H2,(H,15,18)(H,19,20). The van der Waals surface area contributed by atoms with Crippen LogP contribution >= 0.6 is 0 Å². The molecule has 3 unspecified atom stereocenters. The number of carboxylic acids is 1. The van der Waals surface area contributed by atoms with Gasteiger partial charge in [-0.15, -0.1) is 0 Å². The number of hydrogen-bond donors (Lipinski definition) is 2. The molecule has 0 bridgehead atoms. The van der Waals surface area contributed by atoms with Crippen LogP contribution in [0.15, 0.2) is 0 Å². The van der Waals surface area contributed by atoms with Gasteiger partial charge in [-0.05, 0) is 18.8 Å². The minimum Gasteiger partial charge on any atom is -0.481 e. The summed E-state index contributed by atoms with van der Waals surface area (Å²) in [4.78, 5) is 36.9. The second kappa shape index (κ2) is 5.63. The van der Waals surface area contributed by atoms with Crippen molar-refractivity contribution in [1.82, 2.24) is 10.2 Å². The molecule has 3 rings (SSSR count). The Balaban J connectivity index is 1.53. The van der Waals surface area contributed by atoms with E-state index in [0.29, 0.717) is 12.5 Å². The molecule has 3 fully saturated rings. The van der Waals surface area contributed by atoms with Crippen LogP contribution in [0.25, 0.3) is 0 Å². The molecule has 1 aliphatic carbocycles. The Kier molecular flexibility index (Phi) is 3.84. The number of amides is 2. The van der Waals surface area contributed by atoms with E-state index in [4.69, 9.17) is 9.84 Å². The maximum Gasteiger partial charge on any atom is 0.311 e. The van der Waals surface area contributed by atoms with Gasteiger partial charge >= 0.3 is 5.97 Å². The van der Waals surface area contributed by atoms with Gasteiger partial charge in [0, 0.05) is 19.5 Å². The Bertz CT molecular complexity index is 462. The maximum absolute atomic E-state index is 12.2. The summed E-state index contributed by atoms with van der Waals surface area (Å²) in [6.45, 7) is 1.55. The zero-order valence-electron chi connectivity index (χ0n) is 11.8. The van der Waals surface area contributed by atoms with Gasteiger partial charge in [-0.2, -0.15) is 0 Å². The first kappa shape index (κ1) is 14.3. The number of carbonyl (C=O) groups is 3. The largest absolute Gasteiger partial charge is 0.481 e. The van der Waals surface area contributed by atoms with Crippen molar-refractivity contribution in [2.24, 2.45) is 17.8 Å². The number of carbonyl (C=O) groups excluding carboxylic acids is 2. The minimum absolute atomic E-state index is 0.0273. The molecule has 0 spiro atoms. The predicted octanol–water partition coefficient (Wildman–Crippen LogP) is -0.539. The lowest BCUT2D eigenvalue weighted by molar-refractivity contribution is -0.142. The Morgan fingerprint density at radius 1 is 1.33 bits per heavy atom. The molecular formula is C14H20N2O5. The highest BCUT2D eigenvalue weighted by Crippen LogP contribution is 2.32. The van der Waals surface area contributed by atoms with Crippen molar-refractivity contribution in [1.29, 1.82) is 0 Å². The smallest absolute Gasteiger partial charge is 0.311 e. The summed E-state index contributed by atoms with van der Waals surface area (Å²) in [6.07, 6.45) is 2.56. The summed E-state index contributed by atoms with van der Waals surface area (Å²) in [6, 6.07) is -0.498. The first-order valence-corrected chi connectivity index (χ1v) is 7.43. The Morgan fingerprint density at radius 2 is 2.10 bits per heavy atom. The summed E-state index contributed by atoms with van der Waals surface area (Å²) in [5, 5.41) is 11.8. The van der Waals surface area contributed by atoms with Crippen LogP contribution in [0.5, 0.6) is 0 Å². The van der Waals surface area contributed by atoms with E-state index in [2.05, 4.69) is 5.32 Å². The summed E-state index contributed by atoms with van der Waals surface area (Å²) in [7, 11) is 0. The van der Waals surface area contributed by atoms with Gasteiger partial charge in [0.2, 0.25) is 11.8 Å². The van der Waals surface area contributed by atoms with Gasteiger partial charge in [-0.3, -0.25) is 14.4 Å². The van der Waals surface area contributed by atoms with Crippen molar-refractivity contribution < 1.29 is 24.2 Å². The highest BCUT2D eigenvalue weighted by atomic mass is 16.5. The van der Waals surface area contributed by atoms with Crippen molar-refractivity contribution in [3.8, 4) is 0 Å². The Hall–Kier alpha value is -1.63. The summed E-state index contributed by atoms with van der Waals surface area (Å²) in [5.41, 5.74) is 0. The number of nitrogens with one attached hydrogen (secondary N) is 1. The summed E-state index contributed by atoms with van der Waals surface area (Å²) < 4.78 is 5.12. The van der Waals surface area contributed by atoms with E-state index in [1.807, 2.05) is 0 Å². The van der Waals surface area contributed by atoms with Crippen LogP contribution in [0.2, 0.25) is 0 Å². The molecule has 0 aromatic carbocycles. The zero-order chi connectivity index (χ0) is 15.0. The zero-order valence-corrected chi connectivity index (χ0v) is 11.8. The van der Waals surface area contributed by atoms with Gasteiger partial charge < -0.3 is 20.1 Å². The number of ether oxygens (including phenoxy) is 1. The molecular weight excluding hydrogens is 276 g/mol. The van der Waals surface area contributed by atoms with E-state index in [9.17, 15) is 14.4 Å². The highest BCUT2D eigenvalue weighted by molar-refractivity contribution is 5.89. The highest BCUT2D eigenvalue weighted by Gasteiger charge is 2.40. The van der Waals surface area contributed by atoms with Crippen molar-refractivity contribution in [3.05, 3.63) is 0 Å². The minimum atomic E-state index is -0.962. The van der Waals surface area contributed by atoms with E-state index in [-0.39, 0.29) is 37.4 Å². The molecule has 1 saturated carbocycles. The number of nitrogens with zero attached hydrogens (tertiary/aromatic N) is 1. The molecule has 3 atom stereocenters. The quantitative estimate of drug-likeness (QED) is 0.710. The molecule has 2 heterocycles. The van der Waals surface area contributed by atoms with Crippen molar-refractivity contribution in [2.45, 2.75) is 25.3 Å². The predicted molar refractivity (Wildman–Crippen MR) is 71.3 cm³/mol. The maximum atomic E-state index is 12.2. The average molecular weight is 296 g/mol. The average Bonchev–Trinajstić information content (AvgIpc) is 2.98. The van der Waals surface area contributed by atoms with Crippen LogP contribution in [0.3, 0.4) is 0 Å². The normalized spacial score (nSPS) is 32.5.